The van der Waals surface area contributed by atoms with E-state index in [9.17, 15) is 0 Å². The zero-order valence-corrected chi connectivity index (χ0v) is 11.3. The predicted molar refractivity (Wildman–Crippen MR) is 71.4 cm³/mol. The van der Waals surface area contributed by atoms with Crippen LogP contribution in [-0.4, -0.2) is 22.0 Å². The fraction of sp³-hybridized carbons (Fsp3) is 0.417. The Morgan fingerprint density at radius 3 is 2.53 bits per heavy atom. The van der Waals surface area contributed by atoms with Crippen molar-refractivity contribution in [2.75, 3.05) is 12.4 Å². The smallest absolute Gasteiger partial charge is 0.173 e. The molecular weight excluding hydrogens is 232 g/mol. The van der Waals surface area contributed by atoms with Gasteiger partial charge < -0.3 is 5.32 Å². The maximum absolute atomic E-state index is 4.61. The summed E-state index contributed by atoms with van der Waals surface area (Å²) in [5, 5.41) is 3.07. The number of aromatic nitrogens is 3. The van der Waals surface area contributed by atoms with Crippen molar-refractivity contribution in [2.45, 2.75) is 26.2 Å². The van der Waals surface area contributed by atoms with Crippen LogP contribution >= 0.6 is 11.3 Å². The summed E-state index contributed by atoms with van der Waals surface area (Å²) in [7, 11) is 1.87. The highest BCUT2D eigenvalue weighted by molar-refractivity contribution is 7.13. The van der Waals surface area contributed by atoms with E-state index in [4.69, 9.17) is 0 Å². The van der Waals surface area contributed by atoms with Gasteiger partial charge >= 0.3 is 0 Å². The summed E-state index contributed by atoms with van der Waals surface area (Å²) in [4.78, 5) is 14.1. The summed E-state index contributed by atoms with van der Waals surface area (Å²) < 4.78 is 0. The van der Waals surface area contributed by atoms with Gasteiger partial charge in [0.05, 0.1) is 16.1 Å². The Balaban J connectivity index is 2.54. The molecular formula is C12H16N4S. The van der Waals surface area contributed by atoms with Gasteiger partial charge in [0.15, 0.2) is 5.82 Å². The second kappa shape index (κ2) is 4.41. The van der Waals surface area contributed by atoms with Crippen LogP contribution in [0.3, 0.4) is 0 Å². The Labute approximate surface area is 105 Å². The number of hydrogen-bond acceptors (Lipinski definition) is 5. The van der Waals surface area contributed by atoms with Crippen LogP contribution in [0, 0.1) is 0 Å². The van der Waals surface area contributed by atoms with Crippen LogP contribution in [-0.2, 0) is 5.41 Å². The molecule has 0 unspecified atom stereocenters. The van der Waals surface area contributed by atoms with Crippen LogP contribution in [0.15, 0.2) is 17.8 Å². The molecule has 2 heterocycles. The fourth-order valence-corrected chi connectivity index (χ4v) is 1.95. The predicted octanol–water partition coefficient (Wildman–Crippen LogP) is 2.94. The number of nitrogens with zero attached hydrogens (tertiary/aromatic N) is 3. The minimum absolute atomic E-state index is 0.00791. The standard InChI is InChI=1S/C12H16N4S/c1-12(2,3)9-5-10(13-4)16-11(15-9)8-6-14-7-17-8/h5-7H,1-4H3,(H,13,15,16). The Hall–Kier alpha value is -1.49. The Morgan fingerprint density at radius 2 is 2.00 bits per heavy atom. The summed E-state index contributed by atoms with van der Waals surface area (Å²) in [6, 6.07) is 1.99. The first kappa shape index (κ1) is 12.0. The van der Waals surface area contributed by atoms with Crippen LogP contribution in [0.5, 0.6) is 0 Å². The molecule has 5 heteroatoms. The molecule has 0 atom stereocenters. The van der Waals surface area contributed by atoms with Gasteiger partial charge in [-0.05, 0) is 0 Å². The molecule has 0 saturated carbocycles. The van der Waals surface area contributed by atoms with E-state index in [2.05, 4.69) is 41.0 Å². The number of rotatable bonds is 2. The van der Waals surface area contributed by atoms with E-state index in [1.165, 1.54) is 0 Å². The third-order valence-corrected chi connectivity index (χ3v) is 3.17. The summed E-state index contributed by atoms with van der Waals surface area (Å²) in [6.45, 7) is 6.43. The van der Waals surface area contributed by atoms with Gasteiger partial charge in [-0.1, -0.05) is 20.8 Å². The molecule has 0 spiro atoms. The zero-order chi connectivity index (χ0) is 12.5. The van der Waals surface area contributed by atoms with E-state index in [0.29, 0.717) is 0 Å². The maximum Gasteiger partial charge on any atom is 0.173 e. The molecule has 0 aliphatic rings. The molecule has 1 N–H and O–H groups in total. The van der Waals surface area contributed by atoms with Crippen molar-refractivity contribution in [3.63, 3.8) is 0 Å². The molecule has 0 aromatic carbocycles. The number of hydrogen-bond donors (Lipinski definition) is 1. The van der Waals surface area contributed by atoms with E-state index in [-0.39, 0.29) is 5.41 Å². The number of nitrogens with one attached hydrogen (secondary N) is 1. The van der Waals surface area contributed by atoms with Crippen molar-refractivity contribution in [1.82, 2.24) is 15.0 Å². The third kappa shape index (κ3) is 2.61. The molecule has 4 nitrogen and oxygen atoms in total. The molecule has 0 aliphatic carbocycles. The van der Waals surface area contributed by atoms with Crippen molar-refractivity contribution in [2.24, 2.45) is 0 Å². The second-order valence-electron chi connectivity index (χ2n) is 4.83. The van der Waals surface area contributed by atoms with Crippen molar-refractivity contribution in [3.05, 3.63) is 23.5 Å². The molecule has 0 saturated heterocycles. The zero-order valence-electron chi connectivity index (χ0n) is 10.5. The van der Waals surface area contributed by atoms with Crippen LogP contribution in [0.25, 0.3) is 10.7 Å². The fourth-order valence-electron chi connectivity index (χ4n) is 1.40. The highest BCUT2D eigenvalue weighted by Crippen LogP contribution is 2.26. The maximum atomic E-state index is 4.61. The minimum Gasteiger partial charge on any atom is -0.373 e. The van der Waals surface area contributed by atoms with Crippen molar-refractivity contribution in [3.8, 4) is 10.7 Å². The van der Waals surface area contributed by atoms with E-state index < -0.39 is 0 Å². The Morgan fingerprint density at radius 1 is 1.24 bits per heavy atom. The lowest BCUT2D eigenvalue weighted by atomic mass is 9.92. The van der Waals surface area contributed by atoms with Crippen molar-refractivity contribution < 1.29 is 0 Å². The second-order valence-corrected chi connectivity index (χ2v) is 5.71. The topological polar surface area (TPSA) is 50.7 Å². The molecule has 0 bridgehead atoms. The first-order valence-corrected chi connectivity index (χ1v) is 6.35. The molecule has 0 amide bonds. The molecule has 2 aromatic heterocycles. The first-order valence-electron chi connectivity index (χ1n) is 5.47. The van der Waals surface area contributed by atoms with Gasteiger partial charge in [-0.15, -0.1) is 11.3 Å². The van der Waals surface area contributed by atoms with Gasteiger partial charge in [0.1, 0.15) is 5.82 Å². The minimum atomic E-state index is 0.00791. The largest absolute Gasteiger partial charge is 0.373 e. The average molecular weight is 248 g/mol. The van der Waals surface area contributed by atoms with E-state index in [1.807, 2.05) is 13.1 Å². The first-order chi connectivity index (χ1) is 8.00. The lowest BCUT2D eigenvalue weighted by Crippen LogP contribution is -2.15. The van der Waals surface area contributed by atoms with Crippen LogP contribution in [0.2, 0.25) is 0 Å². The van der Waals surface area contributed by atoms with Crippen molar-refractivity contribution in [1.29, 1.82) is 0 Å². The van der Waals surface area contributed by atoms with Gasteiger partial charge in [-0.2, -0.15) is 0 Å². The Bertz CT molecular complexity index is 500. The van der Waals surface area contributed by atoms with Crippen LogP contribution < -0.4 is 5.32 Å². The normalized spacial score (nSPS) is 11.5. The molecule has 0 aliphatic heterocycles. The van der Waals surface area contributed by atoms with E-state index >= 15 is 0 Å². The average Bonchev–Trinajstić information content (AvgIpc) is 2.80. The van der Waals surface area contributed by atoms with Gasteiger partial charge in [0.2, 0.25) is 0 Å². The van der Waals surface area contributed by atoms with Crippen LogP contribution in [0.4, 0.5) is 5.82 Å². The molecule has 0 radical (unpaired) electrons. The SMILES string of the molecule is CNc1cc(C(C)(C)C)nc(-c2cncs2)n1. The van der Waals surface area contributed by atoms with Crippen molar-refractivity contribution >= 4 is 17.2 Å². The van der Waals surface area contributed by atoms with E-state index in [0.717, 1.165) is 22.2 Å². The molecule has 0 fully saturated rings. The number of anilines is 1. The summed E-state index contributed by atoms with van der Waals surface area (Å²) in [5.41, 5.74) is 2.83. The third-order valence-electron chi connectivity index (χ3n) is 2.40. The van der Waals surface area contributed by atoms with Gasteiger partial charge in [0, 0.05) is 24.7 Å². The molecule has 17 heavy (non-hydrogen) atoms. The summed E-state index contributed by atoms with van der Waals surface area (Å²) >= 11 is 1.55. The molecule has 2 rings (SSSR count). The monoisotopic (exact) mass is 248 g/mol. The molecule has 2 aromatic rings. The summed E-state index contributed by atoms with van der Waals surface area (Å²) in [6.07, 6.45) is 1.80. The van der Waals surface area contributed by atoms with E-state index in [1.54, 1.807) is 23.0 Å². The quantitative estimate of drug-likeness (QED) is 0.887. The lowest BCUT2D eigenvalue weighted by molar-refractivity contribution is 0.568. The molecule has 90 valence electrons. The van der Waals surface area contributed by atoms with Gasteiger partial charge in [-0.3, -0.25) is 4.98 Å². The highest BCUT2D eigenvalue weighted by atomic mass is 32.1. The highest BCUT2D eigenvalue weighted by Gasteiger charge is 2.18. The van der Waals surface area contributed by atoms with Gasteiger partial charge in [-0.25, -0.2) is 9.97 Å². The van der Waals surface area contributed by atoms with Gasteiger partial charge in [0.25, 0.3) is 0 Å². The summed E-state index contributed by atoms with van der Waals surface area (Å²) in [5.74, 6) is 1.58. The Kier molecular flexibility index (Phi) is 3.11. The van der Waals surface area contributed by atoms with Crippen LogP contribution in [0.1, 0.15) is 26.5 Å². The lowest BCUT2D eigenvalue weighted by Gasteiger charge is -2.19. The number of thiazole rings is 1.